The van der Waals surface area contributed by atoms with Crippen LogP contribution < -0.4 is 9.47 Å². The highest BCUT2D eigenvalue weighted by Gasteiger charge is 2.27. The third-order valence-electron chi connectivity index (χ3n) is 6.14. The van der Waals surface area contributed by atoms with E-state index < -0.39 is 5.60 Å². The summed E-state index contributed by atoms with van der Waals surface area (Å²) in [4.78, 5) is 17.2. The monoisotopic (exact) mass is 442 g/mol. The fraction of sp³-hybridized carbons (Fsp3) is 0.640. The zero-order valence-corrected chi connectivity index (χ0v) is 19.4. The van der Waals surface area contributed by atoms with Gasteiger partial charge in [-0.2, -0.15) is 4.98 Å². The predicted molar refractivity (Wildman–Crippen MR) is 119 cm³/mol. The maximum absolute atomic E-state index is 12.6. The van der Waals surface area contributed by atoms with Crippen LogP contribution >= 0.6 is 0 Å². The summed E-state index contributed by atoms with van der Waals surface area (Å²) in [7, 11) is 0. The summed E-state index contributed by atoms with van der Waals surface area (Å²) in [5.74, 6) is 2.78. The normalized spacial score (nSPS) is 17.3. The van der Waals surface area contributed by atoms with Gasteiger partial charge in [-0.05, 0) is 51.3 Å². The van der Waals surface area contributed by atoms with Crippen LogP contribution in [-0.4, -0.2) is 28.5 Å². The SMILES string of the molecule is CC(C)(C)OC(=O)CC(CCCC1CCCCC1)c1nc(-c2ccc3c(c2)OCO3)no1. The summed E-state index contributed by atoms with van der Waals surface area (Å²) < 4.78 is 22.0. The van der Waals surface area contributed by atoms with Crippen molar-refractivity contribution < 1.29 is 23.5 Å². The molecular formula is C25H34N2O5. The van der Waals surface area contributed by atoms with Crippen molar-refractivity contribution in [3.63, 3.8) is 0 Å². The number of carbonyl (C=O) groups is 1. The molecule has 1 fully saturated rings. The van der Waals surface area contributed by atoms with Gasteiger partial charge in [0.1, 0.15) is 5.60 Å². The van der Waals surface area contributed by atoms with Crippen LogP contribution in [0.2, 0.25) is 0 Å². The Labute approximate surface area is 189 Å². The van der Waals surface area contributed by atoms with E-state index in [1.54, 1.807) is 0 Å². The van der Waals surface area contributed by atoms with Gasteiger partial charge in [-0.3, -0.25) is 4.79 Å². The van der Waals surface area contributed by atoms with Gasteiger partial charge >= 0.3 is 5.97 Å². The van der Waals surface area contributed by atoms with E-state index in [2.05, 4.69) is 10.1 Å². The lowest BCUT2D eigenvalue weighted by Gasteiger charge is -2.23. The molecule has 2 heterocycles. The largest absolute Gasteiger partial charge is 0.460 e. The van der Waals surface area contributed by atoms with Crippen molar-refractivity contribution in [2.75, 3.05) is 6.79 Å². The predicted octanol–water partition coefficient (Wildman–Crippen LogP) is 6.03. The van der Waals surface area contributed by atoms with Gasteiger partial charge in [0, 0.05) is 11.5 Å². The van der Waals surface area contributed by atoms with Crippen LogP contribution in [0.4, 0.5) is 0 Å². The number of nitrogens with zero attached hydrogens (tertiary/aromatic N) is 2. The highest BCUT2D eigenvalue weighted by molar-refractivity contribution is 5.71. The molecule has 0 saturated heterocycles. The third-order valence-corrected chi connectivity index (χ3v) is 6.14. The fourth-order valence-corrected chi connectivity index (χ4v) is 4.58. The second-order valence-electron chi connectivity index (χ2n) is 9.95. The molecule has 0 N–H and O–H groups in total. The summed E-state index contributed by atoms with van der Waals surface area (Å²) in [6, 6.07) is 5.58. The van der Waals surface area contributed by atoms with Gasteiger partial charge in [0.25, 0.3) is 0 Å². The molecule has 1 unspecified atom stereocenters. The van der Waals surface area contributed by atoms with Crippen LogP contribution in [0.25, 0.3) is 11.4 Å². The van der Waals surface area contributed by atoms with Gasteiger partial charge < -0.3 is 18.7 Å². The summed E-state index contributed by atoms with van der Waals surface area (Å²) in [6.07, 6.45) is 10.00. The topological polar surface area (TPSA) is 83.7 Å². The Morgan fingerprint density at radius 2 is 1.94 bits per heavy atom. The van der Waals surface area contributed by atoms with Gasteiger partial charge in [-0.15, -0.1) is 0 Å². The Bertz CT molecular complexity index is 911. The lowest BCUT2D eigenvalue weighted by atomic mass is 9.84. The number of rotatable bonds is 8. The molecule has 1 aliphatic carbocycles. The molecule has 1 saturated carbocycles. The average Bonchev–Trinajstić information content (AvgIpc) is 3.41. The minimum absolute atomic E-state index is 0.149. The van der Waals surface area contributed by atoms with Crippen LogP contribution in [0.5, 0.6) is 11.5 Å². The van der Waals surface area contributed by atoms with Crippen molar-refractivity contribution >= 4 is 5.97 Å². The summed E-state index contributed by atoms with van der Waals surface area (Å²) in [5.41, 5.74) is 0.276. The Hall–Kier alpha value is -2.57. The highest BCUT2D eigenvalue weighted by Crippen LogP contribution is 2.36. The van der Waals surface area contributed by atoms with Crippen LogP contribution in [0.1, 0.15) is 90.4 Å². The third kappa shape index (κ3) is 6.02. The lowest BCUT2D eigenvalue weighted by molar-refractivity contribution is -0.155. The van der Waals surface area contributed by atoms with E-state index in [0.29, 0.717) is 23.2 Å². The molecule has 32 heavy (non-hydrogen) atoms. The molecule has 0 radical (unpaired) electrons. The Morgan fingerprint density at radius 3 is 2.72 bits per heavy atom. The molecule has 1 aliphatic heterocycles. The summed E-state index contributed by atoms with van der Waals surface area (Å²) >= 11 is 0. The van der Waals surface area contributed by atoms with E-state index in [1.807, 2.05) is 39.0 Å². The van der Waals surface area contributed by atoms with Crippen molar-refractivity contribution in [1.82, 2.24) is 10.1 Å². The van der Waals surface area contributed by atoms with E-state index in [0.717, 1.165) is 24.3 Å². The van der Waals surface area contributed by atoms with Crippen molar-refractivity contribution in [2.24, 2.45) is 5.92 Å². The van der Waals surface area contributed by atoms with Crippen LogP contribution in [0.3, 0.4) is 0 Å². The van der Waals surface area contributed by atoms with Gasteiger partial charge in [-0.1, -0.05) is 50.1 Å². The Balaban J connectivity index is 1.45. The van der Waals surface area contributed by atoms with Crippen molar-refractivity contribution in [3.05, 3.63) is 24.1 Å². The Morgan fingerprint density at radius 1 is 1.16 bits per heavy atom. The van der Waals surface area contributed by atoms with Gasteiger partial charge in [0.15, 0.2) is 11.5 Å². The van der Waals surface area contributed by atoms with Gasteiger partial charge in [-0.25, -0.2) is 0 Å². The number of hydrogen-bond donors (Lipinski definition) is 0. The molecule has 1 aromatic carbocycles. The molecule has 0 bridgehead atoms. The zero-order chi connectivity index (χ0) is 22.6. The van der Waals surface area contributed by atoms with E-state index in [4.69, 9.17) is 18.7 Å². The van der Waals surface area contributed by atoms with Crippen molar-refractivity contribution in [2.45, 2.75) is 90.1 Å². The fourth-order valence-electron chi connectivity index (χ4n) is 4.58. The number of benzene rings is 1. The smallest absolute Gasteiger partial charge is 0.307 e. The van der Waals surface area contributed by atoms with Crippen LogP contribution in [0, 0.1) is 5.92 Å². The number of esters is 1. The first-order chi connectivity index (χ1) is 15.4. The minimum atomic E-state index is -0.518. The first kappa shape index (κ1) is 22.6. The number of carbonyl (C=O) groups excluding carboxylic acids is 1. The van der Waals surface area contributed by atoms with E-state index in [1.165, 1.54) is 38.5 Å². The highest BCUT2D eigenvalue weighted by atomic mass is 16.7. The molecule has 2 aliphatic rings. The van der Waals surface area contributed by atoms with E-state index >= 15 is 0 Å². The second kappa shape index (κ2) is 9.92. The Kier molecular flexibility index (Phi) is 7.01. The quantitative estimate of drug-likeness (QED) is 0.461. The first-order valence-corrected chi connectivity index (χ1v) is 11.8. The molecule has 0 spiro atoms. The number of fused-ring (bicyclic) bond motifs is 1. The van der Waals surface area contributed by atoms with Crippen molar-refractivity contribution in [1.29, 1.82) is 0 Å². The molecule has 1 aromatic heterocycles. The summed E-state index contributed by atoms with van der Waals surface area (Å²) in [6.45, 7) is 5.86. The molecule has 4 rings (SSSR count). The molecular weight excluding hydrogens is 408 g/mol. The van der Waals surface area contributed by atoms with E-state index in [9.17, 15) is 4.79 Å². The van der Waals surface area contributed by atoms with Crippen LogP contribution in [-0.2, 0) is 9.53 Å². The lowest BCUT2D eigenvalue weighted by Crippen LogP contribution is -2.25. The minimum Gasteiger partial charge on any atom is -0.460 e. The second-order valence-corrected chi connectivity index (χ2v) is 9.95. The molecule has 1 atom stereocenters. The van der Waals surface area contributed by atoms with Gasteiger partial charge in [0.05, 0.1) is 6.42 Å². The number of aromatic nitrogens is 2. The number of hydrogen-bond acceptors (Lipinski definition) is 7. The zero-order valence-electron chi connectivity index (χ0n) is 19.4. The van der Waals surface area contributed by atoms with Crippen molar-refractivity contribution in [3.8, 4) is 22.9 Å². The maximum atomic E-state index is 12.6. The van der Waals surface area contributed by atoms with Crippen LogP contribution in [0.15, 0.2) is 22.7 Å². The van der Waals surface area contributed by atoms with Gasteiger partial charge in [0.2, 0.25) is 18.5 Å². The molecule has 7 nitrogen and oxygen atoms in total. The average molecular weight is 443 g/mol. The molecule has 174 valence electrons. The maximum Gasteiger partial charge on any atom is 0.307 e. The molecule has 7 heteroatoms. The summed E-state index contributed by atoms with van der Waals surface area (Å²) in [5, 5.41) is 4.18. The molecule has 0 amide bonds. The first-order valence-electron chi connectivity index (χ1n) is 11.8. The number of ether oxygens (including phenoxy) is 3. The standard InChI is InChI=1S/C25H34N2O5/c1-25(2,3)31-22(28)15-19(11-7-10-17-8-5-4-6-9-17)24-26-23(27-32-24)18-12-13-20-21(14-18)30-16-29-20/h12-14,17,19H,4-11,15-16H2,1-3H3. The molecule has 2 aromatic rings. The van der Waals surface area contributed by atoms with E-state index in [-0.39, 0.29) is 25.1 Å².